The minimum absolute atomic E-state index is 0.00632. The Morgan fingerprint density at radius 3 is 2.18 bits per heavy atom. The molecule has 0 saturated carbocycles. The molecule has 0 radical (unpaired) electrons. The number of benzene rings is 2. The SMILES string of the molecule is CCN(CC)S(=O)(=O)c1ccc(C(=O)NCCNc2ccc(C(F)(F)F)cc2[N+](=O)[O-])cc1. The number of carbonyl (C=O) groups excluding carboxylic acids is 1. The van der Waals surface area contributed by atoms with Crippen LogP contribution in [0.2, 0.25) is 0 Å². The van der Waals surface area contributed by atoms with E-state index in [0.29, 0.717) is 19.2 Å². The smallest absolute Gasteiger partial charge is 0.378 e. The van der Waals surface area contributed by atoms with Crippen molar-refractivity contribution in [2.75, 3.05) is 31.5 Å². The first-order valence-electron chi connectivity index (χ1n) is 9.89. The summed E-state index contributed by atoms with van der Waals surface area (Å²) < 4.78 is 64.5. The van der Waals surface area contributed by atoms with E-state index < -0.39 is 38.3 Å². The van der Waals surface area contributed by atoms with Gasteiger partial charge in [-0.3, -0.25) is 14.9 Å². The number of hydrogen-bond donors (Lipinski definition) is 2. The normalized spacial score (nSPS) is 11.9. The fraction of sp³-hybridized carbons (Fsp3) is 0.350. The molecule has 0 aliphatic rings. The van der Waals surface area contributed by atoms with E-state index in [-0.39, 0.29) is 29.2 Å². The van der Waals surface area contributed by atoms with Crippen LogP contribution in [0.25, 0.3) is 0 Å². The predicted molar refractivity (Wildman–Crippen MR) is 115 cm³/mol. The molecule has 0 bridgehead atoms. The van der Waals surface area contributed by atoms with E-state index in [1.807, 2.05) is 0 Å². The molecule has 0 aliphatic carbocycles. The van der Waals surface area contributed by atoms with Gasteiger partial charge in [-0.25, -0.2) is 8.42 Å². The third-order valence-corrected chi connectivity index (χ3v) is 6.77. The highest BCUT2D eigenvalue weighted by atomic mass is 32.2. The Kier molecular flexibility index (Phi) is 8.39. The molecule has 0 unspecified atom stereocenters. The van der Waals surface area contributed by atoms with Crippen molar-refractivity contribution >= 4 is 27.3 Å². The molecule has 2 N–H and O–H groups in total. The number of sulfonamides is 1. The van der Waals surface area contributed by atoms with Crippen molar-refractivity contribution in [3.63, 3.8) is 0 Å². The van der Waals surface area contributed by atoms with Crippen molar-refractivity contribution in [1.29, 1.82) is 0 Å². The average molecular weight is 488 g/mol. The zero-order valence-electron chi connectivity index (χ0n) is 17.8. The Hall–Kier alpha value is -3.19. The molecule has 13 heteroatoms. The lowest BCUT2D eigenvalue weighted by molar-refractivity contribution is -0.384. The fourth-order valence-corrected chi connectivity index (χ4v) is 4.43. The summed E-state index contributed by atoms with van der Waals surface area (Å²) in [7, 11) is -3.65. The van der Waals surface area contributed by atoms with Crippen LogP contribution >= 0.6 is 0 Å². The number of amides is 1. The number of nitrogens with one attached hydrogen (secondary N) is 2. The number of nitrogens with zero attached hydrogens (tertiary/aromatic N) is 2. The molecule has 1 amide bonds. The molecule has 9 nitrogen and oxygen atoms in total. The van der Waals surface area contributed by atoms with Crippen LogP contribution in [0.4, 0.5) is 24.5 Å². The zero-order chi connectivity index (χ0) is 24.8. The van der Waals surface area contributed by atoms with Crippen molar-refractivity contribution in [3.05, 3.63) is 63.7 Å². The van der Waals surface area contributed by atoms with Crippen molar-refractivity contribution in [3.8, 4) is 0 Å². The molecule has 2 aromatic carbocycles. The lowest BCUT2D eigenvalue weighted by atomic mass is 10.1. The molecular formula is C20H23F3N4O5S. The molecule has 2 rings (SSSR count). The Balaban J connectivity index is 1.98. The minimum Gasteiger partial charge on any atom is -0.378 e. The minimum atomic E-state index is -4.71. The van der Waals surface area contributed by atoms with E-state index in [9.17, 15) is 36.5 Å². The van der Waals surface area contributed by atoms with Gasteiger partial charge < -0.3 is 10.6 Å². The molecular weight excluding hydrogens is 465 g/mol. The van der Waals surface area contributed by atoms with Crippen LogP contribution in [0.1, 0.15) is 29.8 Å². The van der Waals surface area contributed by atoms with Gasteiger partial charge in [0.1, 0.15) is 5.69 Å². The number of halogens is 3. The second kappa shape index (κ2) is 10.6. The van der Waals surface area contributed by atoms with Gasteiger partial charge in [-0.2, -0.15) is 17.5 Å². The molecule has 0 fully saturated rings. The quantitative estimate of drug-likeness (QED) is 0.300. The molecule has 0 atom stereocenters. The third-order valence-electron chi connectivity index (χ3n) is 4.71. The average Bonchev–Trinajstić information content (AvgIpc) is 2.76. The van der Waals surface area contributed by atoms with Crippen molar-refractivity contribution < 1.29 is 31.3 Å². The molecule has 180 valence electrons. The highest BCUT2D eigenvalue weighted by molar-refractivity contribution is 7.89. The summed E-state index contributed by atoms with van der Waals surface area (Å²) in [6.45, 7) is 4.07. The van der Waals surface area contributed by atoms with Gasteiger partial charge >= 0.3 is 6.18 Å². The van der Waals surface area contributed by atoms with Gasteiger partial charge in [0.2, 0.25) is 10.0 Å². The summed E-state index contributed by atoms with van der Waals surface area (Å²) in [6, 6.07) is 7.49. The maximum atomic E-state index is 12.8. The first-order valence-corrected chi connectivity index (χ1v) is 11.3. The maximum absolute atomic E-state index is 12.8. The molecule has 2 aromatic rings. The number of nitro benzene ring substituents is 1. The second-order valence-corrected chi connectivity index (χ2v) is 8.72. The Bertz CT molecular complexity index is 1100. The van der Waals surface area contributed by atoms with E-state index in [1.54, 1.807) is 13.8 Å². The first kappa shape index (κ1) is 26.1. The summed E-state index contributed by atoms with van der Waals surface area (Å²) in [5.41, 5.74) is -1.79. The molecule has 0 aliphatic heterocycles. The molecule has 0 aromatic heterocycles. The van der Waals surface area contributed by atoms with Crippen LogP contribution < -0.4 is 10.6 Å². The Morgan fingerprint density at radius 2 is 1.67 bits per heavy atom. The number of nitro groups is 1. The van der Waals surface area contributed by atoms with Gasteiger partial charge in [0.15, 0.2) is 0 Å². The van der Waals surface area contributed by atoms with Crippen LogP contribution in [0.5, 0.6) is 0 Å². The van der Waals surface area contributed by atoms with Crippen molar-refractivity contribution in [2.45, 2.75) is 24.9 Å². The van der Waals surface area contributed by atoms with Crippen molar-refractivity contribution in [2.24, 2.45) is 0 Å². The Morgan fingerprint density at radius 1 is 1.06 bits per heavy atom. The molecule has 0 saturated heterocycles. The van der Waals surface area contributed by atoms with E-state index in [2.05, 4.69) is 10.6 Å². The van der Waals surface area contributed by atoms with Crippen LogP contribution in [-0.2, 0) is 16.2 Å². The lowest BCUT2D eigenvalue weighted by Crippen LogP contribution is -2.31. The van der Waals surface area contributed by atoms with E-state index in [1.165, 1.54) is 28.6 Å². The highest BCUT2D eigenvalue weighted by Gasteiger charge is 2.33. The van der Waals surface area contributed by atoms with Gasteiger partial charge in [-0.1, -0.05) is 13.8 Å². The van der Waals surface area contributed by atoms with Crippen molar-refractivity contribution in [1.82, 2.24) is 9.62 Å². The predicted octanol–water partition coefficient (Wildman–Crippen LogP) is 3.49. The standard InChI is InChI=1S/C20H23F3N4O5S/c1-3-26(4-2)33(31,32)16-8-5-14(6-9-16)19(28)25-12-11-24-17-10-7-15(20(21,22)23)13-18(17)27(29)30/h5-10,13,24H,3-4,11-12H2,1-2H3,(H,25,28). The van der Waals surface area contributed by atoms with Crippen LogP contribution in [-0.4, -0.2) is 49.7 Å². The summed E-state index contributed by atoms with van der Waals surface area (Å²) in [6.07, 6.45) is -4.71. The van der Waals surface area contributed by atoms with Gasteiger partial charge in [-0.15, -0.1) is 0 Å². The summed E-state index contributed by atoms with van der Waals surface area (Å²) in [4.78, 5) is 22.5. The number of carbonyl (C=O) groups is 1. The number of rotatable bonds is 10. The zero-order valence-corrected chi connectivity index (χ0v) is 18.7. The van der Waals surface area contributed by atoms with Crippen LogP contribution in [0, 0.1) is 10.1 Å². The van der Waals surface area contributed by atoms with Gasteiger partial charge in [0.25, 0.3) is 11.6 Å². The molecule has 0 spiro atoms. The van der Waals surface area contributed by atoms with Gasteiger partial charge in [0.05, 0.1) is 15.4 Å². The largest absolute Gasteiger partial charge is 0.416 e. The topological polar surface area (TPSA) is 122 Å². The van der Waals surface area contributed by atoms with E-state index in [0.717, 1.165) is 12.1 Å². The number of alkyl halides is 3. The maximum Gasteiger partial charge on any atom is 0.416 e. The molecule has 33 heavy (non-hydrogen) atoms. The van der Waals surface area contributed by atoms with Crippen LogP contribution in [0.3, 0.4) is 0 Å². The second-order valence-electron chi connectivity index (χ2n) is 6.78. The summed E-state index contributed by atoms with van der Waals surface area (Å²) in [5.74, 6) is -0.509. The van der Waals surface area contributed by atoms with E-state index in [4.69, 9.17) is 0 Å². The third kappa shape index (κ3) is 6.42. The first-order chi connectivity index (χ1) is 15.4. The summed E-state index contributed by atoms with van der Waals surface area (Å²) in [5, 5.41) is 16.3. The monoisotopic (exact) mass is 488 g/mol. The van der Waals surface area contributed by atoms with E-state index >= 15 is 0 Å². The van der Waals surface area contributed by atoms with Gasteiger partial charge in [-0.05, 0) is 36.4 Å². The summed E-state index contributed by atoms with van der Waals surface area (Å²) >= 11 is 0. The number of anilines is 1. The fourth-order valence-electron chi connectivity index (χ4n) is 2.97. The van der Waals surface area contributed by atoms with Gasteiger partial charge in [0, 0.05) is 37.8 Å². The number of hydrogen-bond acceptors (Lipinski definition) is 6. The highest BCUT2D eigenvalue weighted by Crippen LogP contribution is 2.34. The molecule has 0 heterocycles. The Labute approximate surface area is 188 Å². The lowest BCUT2D eigenvalue weighted by Gasteiger charge is -2.18. The van der Waals surface area contributed by atoms with Crippen LogP contribution in [0.15, 0.2) is 47.4 Å².